The van der Waals surface area contributed by atoms with Gasteiger partial charge in [-0.25, -0.2) is 4.99 Å². The molecule has 4 rings (SSSR count). The number of benzene rings is 1. The van der Waals surface area contributed by atoms with Crippen molar-refractivity contribution in [2.24, 2.45) is 9.98 Å². The monoisotopic (exact) mass is 360 g/mol. The smallest absolute Gasteiger partial charge is 0.272 e. The van der Waals surface area contributed by atoms with E-state index in [9.17, 15) is 4.79 Å². The fraction of sp³-hybridized carbons (Fsp3) is 0.333. The van der Waals surface area contributed by atoms with Crippen LogP contribution in [0.1, 0.15) is 18.9 Å². The van der Waals surface area contributed by atoms with Gasteiger partial charge >= 0.3 is 0 Å². The number of aliphatic imine (C=N–C) groups is 2. The molecule has 0 saturated carbocycles. The van der Waals surface area contributed by atoms with Crippen molar-refractivity contribution >= 4 is 17.8 Å². The highest BCUT2D eigenvalue weighted by Gasteiger charge is 2.30. The molecule has 1 unspecified atom stereocenters. The predicted molar refractivity (Wildman–Crippen MR) is 103 cm³/mol. The molecule has 6 heteroatoms. The first-order valence-corrected chi connectivity index (χ1v) is 9.11. The van der Waals surface area contributed by atoms with Gasteiger partial charge in [-0.2, -0.15) is 5.26 Å². The topological polar surface area (TPSA) is 78.0 Å². The number of dihydropyridines is 2. The van der Waals surface area contributed by atoms with Gasteiger partial charge in [0.1, 0.15) is 17.9 Å². The third-order valence-corrected chi connectivity index (χ3v) is 4.90. The van der Waals surface area contributed by atoms with Gasteiger partial charge in [0, 0.05) is 31.4 Å². The van der Waals surface area contributed by atoms with Crippen molar-refractivity contribution < 1.29 is 9.53 Å². The number of likely N-dealkylation sites (tertiary alicyclic amines) is 1. The van der Waals surface area contributed by atoms with Gasteiger partial charge in [-0.05, 0) is 48.4 Å². The first-order chi connectivity index (χ1) is 13.1. The lowest BCUT2D eigenvalue weighted by atomic mass is 9.98. The van der Waals surface area contributed by atoms with Crippen LogP contribution >= 0.6 is 0 Å². The first kappa shape index (κ1) is 17.4. The van der Waals surface area contributed by atoms with E-state index in [-0.39, 0.29) is 18.1 Å². The third-order valence-electron chi connectivity index (χ3n) is 4.90. The van der Waals surface area contributed by atoms with E-state index in [2.05, 4.69) is 21.0 Å². The zero-order chi connectivity index (χ0) is 18.8. The zero-order valence-corrected chi connectivity index (χ0v) is 15.1. The highest BCUT2D eigenvalue weighted by Crippen LogP contribution is 2.22. The molecule has 27 heavy (non-hydrogen) atoms. The molecule has 3 heterocycles. The van der Waals surface area contributed by atoms with Crippen molar-refractivity contribution in [1.29, 1.82) is 5.26 Å². The minimum atomic E-state index is -0.142. The van der Waals surface area contributed by atoms with E-state index in [1.807, 2.05) is 37.4 Å². The number of hydrogen-bond donors (Lipinski definition) is 0. The Morgan fingerprint density at radius 2 is 2.07 bits per heavy atom. The summed E-state index contributed by atoms with van der Waals surface area (Å²) in [5.41, 5.74) is 3.16. The van der Waals surface area contributed by atoms with Gasteiger partial charge in [-0.3, -0.25) is 14.7 Å². The van der Waals surface area contributed by atoms with Crippen LogP contribution in [0.25, 0.3) is 0 Å². The summed E-state index contributed by atoms with van der Waals surface area (Å²) in [7, 11) is 0. The Labute approximate surface area is 158 Å². The number of carbonyl (C=O) groups excluding carboxylic acids is 1. The third kappa shape index (κ3) is 3.74. The minimum absolute atomic E-state index is 0.120. The molecule has 0 aromatic heterocycles. The largest absolute Gasteiger partial charge is 0.488 e. The van der Waals surface area contributed by atoms with Crippen LogP contribution in [-0.2, 0) is 4.79 Å². The molecular weight excluding hydrogens is 340 g/mol. The first-order valence-electron chi connectivity index (χ1n) is 9.11. The standard InChI is InChI=1S/C21H20N4O2/c1-2-16-8-19-20(24-21(16)26)7-15(10-23-19)11-25-12-18(13-25)27-17-5-3-14(9-22)4-6-17/h3-8,10,18-19H,2,11-13H2,1H3. The van der Waals surface area contributed by atoms with Crippen LogP contribution in [0, 0.1) is 11.3 Å². The summed E-state index contributed by atoms with van der Waals surface area (Å²) in [6.45, 7) is 4.39. The summed E-state index contributed by atoms with van der Waals surface area (Å²) in [5.74, 6) is 0.643. The van der Waals surface area contributed by atoms with Gasteiger partial charge in [0.25, 0.3) is 5.91 Å². The molecule has 0 radical (unpaired) electrons. The van der Waals surface area contributed by atoms with Crippen LogP contribution in [-0.4, -0.2) is 54.5 Å². The molecule has 0 N–H and O–H groups in total. The number of ether oxygens (including phenoxy) is 1. The summed E-state index contributed by atoms with van der Waals surface area (Å²) in [5, 5.41) is 8.83. The van der Waals surface area contributed by atoms with Crippen LogP contribution < -0.4 is 4.74 Å². The maximum absolute atomic E-state index is 12.0. The lowest BCUT2D eigenvalue weighted by Crippen LogP contribution is -2.54. The fourth-order valence-corrected chi connectivity index (χ4v) is 3.38. The van der Waals surface area contributed by atoms with E-state index >= 15 is 0 Å². The van der Waals surface area contributed by atoms with Crippen LogP contribution in [0.15, 0.2) is 57.5 Å². The van der Waals surface area contributed by atoms with Gasteiger partial charge in [0.2, 0.25) is 0 Å². The summed E-state index contributed by atoms with van der Waals surface area (Å²) in [6.07, 6.45) is 6.62. The SMILES string of the molecule is CCC1=CC2N=CC(CN3CC(Oc4ccc(C#N)cc4)C3)=CC2=NC1=O. The molecule has 1 amide bonds. The van der Waals surface area contributed by atoms with Gasteiger partial charge in [0.05, 0.1) is 17.3 Å². The molecule has 0 spiro atoms. The van der Waals surface area contributed by atoms with E-state index in [0.717, 1.165) is 42.2 Å². The average Bonchev–Trinajstić information content (AvgIpc) is 2.66. The maximum Gasteiger partial charge on any atom is 0.272 e. The molecule has 3 aliphatic heterocycles. The number of carbonyl (C=O) groups is 1. The number of fused-ring (bicyclic) bond motifs is 1. The molecule has 1 aromatic rings. The van der Waals surface area contributed by atoms with E-state index in [4.69, 9.17) is 10.00 Å². The van der Waals surface area contributed by atoms with Crippen molar-refractivity contribution in [3.05, 3.63) is 53.1 Å². The van der Waals surface area contributed by atoms with E-state index in [1.165, 1.54) is 0 Å². The minimum Gasteiger partial charge on any atom is -0.488 e. The van der Waals surface area contributed by atoms with Gasteiger partial charge in [0.15, 0.2) is 0 Å². The predicted octanol–water partition coefficient (Wildman–Crippen LogP) is 2.32. The highest BCUT2D eigenvalue weighted by atomic mass is 16.5. The van der Waals surface area contributed by atoms with E-state index in [0.29, 0.717) is 12.0 Å². The second kappa shape index (κ2) is 7.29. The van der Waals surface area contributed by atoms with Crippen LogP contribution in [0.5, 0.6) is 5.75 Å². The highest BCUT2D eigenvalue weighted by molar-refractivity contribution is 6.16. The van der Waals surface area contributed by atoms with Crippen molar-refractivity contribution in [3.8, 4) is 11.8 Å². The normalized spacial score (nSPS) is 22.1. The Kier molecular flexibility index (Phi) is 4.69. The van der Waals surface area contributed by atoms with Crippen LogP contribution in [0.4, 0.5) is 0 Å². The molecule has 1 saturated heterocycles. The maximum atomic E-state index is 12.0. The van der Waals surface area contributed by atoms with Crippen molar-refractivity contribution in [2.75, 3.05) is 19.6 Å². The van der Waals surface area contributed by atoms with Crippen molar-refractivity contribution in [3.63, 3.8) is 0 Å². The number of hydrogen-bond acceptors (Lipinski definition) is 5. The van der Waals surface area contributed by atoms with Crippen molar-refractivity contribution in [1.82, 2.24) is 4.90 Å². The quantitative estimate of drug-likeness (QED) is 0.807. The molecule has 0 aliphatic carbocycles. The lowest BCUT2D eigenvalue weighted by Gasteiger charge is -2.39. The van der Waals surface area contributed by atoms with E-state index < -0.39 is 0 Å². The van der Waals surface area contributed by atoms with Crippen LogP contribution in [0.2, 0.25) is 0 Å². The number of amides is 1. The Morgan fingerprint density at radius 1 is 1.30 bits per heavy atom. The summed E-state index contributed by atoms with van der Waals surface area (Å²) in [4.78, 5) is 23.0. The molecule has 3 aliphatic rings. The molecule has 0 bridgehead atoms. The van der Waals surface area contributed by atoms with Gasteiger partial charge in [-0.15, -0.1) is 0 Å². The Balaban J connectivity index is 1.30. The number of nitrogens with zero attached hydrogens (tertiary/aromatic N) is 4. The Morgan fingerprint density at radius 3 is 2.78 bits per heavy atom. The Bertz CT molecular complexity index is 912. The lowest BCUT2D eigenvalue weighted by molar-refractivity contribution is -0.114. The second-order valence-corrected chi connectivity index (χ2v) is 6.90. The summed E-state index contributed by atoms with van der Waals surface area (Å²) >= 11 is 0. The molecular formula is C21H20N4O2. The van der Waals surface area contributed by atoms with E-state index in [1.54, 1.807) is 12.1 Å². The summed E-state index contributed by atoms with van der Waals surface area (Å²) < 4.78 is 5.91. The van der Waals surface area contributed by atoms with Crippen LogP contribution in [0.3, 0.4) is 0 Å². The second-order valence-electron chi connectivity index (χ2n) is 6.90. The molecule has 6 nitrogen and oxygen atoms in total. The zero-order valence-electron chi connectivity index (χ0n) is 15.1. The molecule has 1 aromatic carbocycles. The fourth-order valence-electron chi connectivity index (χ4n) is 3.38. The molecule has 1 fully saturated rings. The summed E-state index contributed by atoms with van der Waals surface area (Å²) in [6, 6.07) is 9.15. The Hall–Kier alpha value is -3.04. The molecule has 1 atom stereocenters. The number of rotatable bonds is 5. The average molecular weight is 360 g/mol. The van der Waals surface area contributed by atoms with Gasteiger partial charge in [-0.1, -0.05) is 6.92 Å². The number of nitriles is 1. The molecule has 136 valence electrons. The van der Waals surface area contributed by atoms with Crippen molar-refractivity contribution in [2.45, 2.75) is 25.5 Å². The van der Waals surface area contributed by atoms with Gasteiger partial charge < -0.3 is 4.74 Å².